The largest absolute Gasteiger partial charge is 0.354 e. The van der Waals surface area contributed by atoms with E-state index in [9.17, 15) is 4.79 Å². The molecule has 18 heavy (non-hydrogen) atoms. The molecule has 0 aliphatic heterocycles. The van der Waals surface area contributed by atoms with Crippen molar-refractivity contribution in [2.45, 2.75) is 31.7 Å². The van der Waals surface area contributed by atoms with Crippen LogP contribution in [0, 0.1) is 0 Å². The van der Waals surface area contributed by atoms with Gasteiger partial charge in [0.2, 0.25) is 5.91 Å². The second kappa shape index (κ2) is 7.16. The van der Waals surface area contributed by atoms with Gasteiger partial charge < -0.3 is 11.1 Å². The summed E-state index contributed by atoms with van der Waals surface area (Å²) in [5.41, 5.74) is 5.79. The lowest BCUT2D eigenvalue weighted by Crippen LogP contribution is -2.45. The lowest BCUT2D eigenvalue weighted by atomic mass is 9.91. The first kappa shape index (κ1) is 15.5. The molecule has 5 heteroatoms. The topological polar surface area (TPSA) is 55.1 Å². The van der Waals surface area contributed by atoms with E-state index < -0.39 is 6.04 Å². The zero-order valence-electron chi connectivity index (χ0n) is 11.2. The maximum atomic E-state index is 11.8. The summed E-state index contributed by atoms with van der Waals surface area (Å²) < 4.78 is 0. The molecule has 1 amide bonds. The van der Waals surface area contributed by atoms with Crippen LogP contribution >= 0.6 is 23.1 Å². The first-order valence-corrected chi connectivity index (χ1v) is 8.31. The smallest absolute Gasteiger partial charge is 0.236 e. The third-order valence-corrected chi connectivity index (χ3v) is 4.74. The Balaban J connectivity index is 2.42. The fraction of sp³-hybridized carbons (Fsp3) is 0.615. The predicted octanol–water partition coefficient (Wildman–Crippen LogP) is 2.22. The average Bonchev–Trinajstić information content (AvgIpc) is 2.87. The highest BCUT2D eigenvalue weighted by Gasteiger charge is 2.23. The summed E-state index contributed by atoms with van der Waals surface area (Å²) in [6.45, 7) is 4.89. The molecule has 1 heterocycles. The number of thioether (sulfide) groups is 1. The lowest BCUT2D eigenvalue weighted by molar-refractivity contribution is -0.122. The fourth-order valence-corrected chi connectivity index (χ4v) is 2.91. The number of rotatable bonds is 7. The highest BCUT2D eigenvalue weighted by atomic mass is 32.2. The van der Waals surface area contributed by atoms with Crippen molar-refractivity contribution in [2.24, 2.45) is 5.73 Å². The van der Waals surface area contributed by atoms with Crippen molar-refractivity contribution in [3.8, 4) is 0 Å². The number of amides is 1. The second-order valence-electron chi connectivity index (χ2n) is 4.97. The van der Waals surface area contributed by atoms with Gasteiger partial charge in [0.25, 0.3) is 0 Å². The van der Waals surface area contributed by atoms with Crippen LogP contribution in [-0.2, 0) is 10.2 Å². The Morgan fingerprint density at radius 2 is 2.33 bits per heavy atom. The fourth-order valence-electron chi connectivity index (χ4n) is 1.57. The number of hydrogen-bond acceptors (Lipinski definition) is 4. The summed E-state index contributed by atoms with van der Waals surface area (Å²) >= 11 is 3.43. The lowest BCUT2D eigenvalue weighted by Gasteiger charge is -2.24. The van der Waals surface area contributed by atoms with Crippen molar-refractivity contribution >= 4 is 29.0 Å². The summed E-state index contributed by atoms with van der Waals surface area (Å²) in [7, 11) is 0. The number of carbonyl (C=O) groups is 1. The van der Waals surface area contributed by atoms with Gasteiger partial charge in [-0.3, -0.25) is 4.79 Å². The molecule has 0 saturated carbocycles. The minimum absolute atomic E-state index is 0.0386. The van der Waals surface area contributed by atoms with Crippen LogP contribution in [0.3, 0.4) is 0 Å². The van der Waals surface area contributed by atoms with Gasteiger partial charge in [-0.15, -0.1) is 11.3 Å². The van der Waals surface area contributed by atoms with E-state index in [1.165, 1.54) is 4.88 Å². The molecule has 0 unspecified atom stereocenters. The Kier molecular flexibility index (Phi) is 6.18. The molecule has 102 valence electrons. The molecule has 1 rings (SSSR count). The molecule has 0 aromatic carbocycles. The molecule has 0 spiro atoms. The molecule has 0 aliphatic carbocycles. The van der Waals surface area contributed by atoms with Crippen LogP contribution in [0.1, 0.15) is 25.1 Å². The maximum absolute atomic E-state index is 11.8. The van der Waals surface area contributed by atoms with Crippen molar-refractivity contribution in [3.05, 3.63) is 22.4 Å². The van der Waals surface area contributed by atoms with E-state index in [1.54, 1.807) is 23.1 Å². The molecule has 3 nitrogen and oxygen atoms in total. The van der Waals surface area contributed by atoms with Gasteiger partial charge in [-0.05, 0) is 29.9 Å². The highest BCUT2D eigenvalue weighted by molar-refractivity contribution is 7.98. The van der Waals surface area contributed by atoms with Gasteiger partial charge in [0.05, 0.1) is 6.04 Å². The Morgan fingerprint density at radius 1 is 1.61 bits per heavy atom. The van der Waals surface area contributed by atoms with Crippen LogP contribution in [0.25, 0.3) is 0 Å². The predicted molar refractivity (Wildman–Crippen MR) is 81.3 cm³/mol. The van der Waals surface area contributed by atoms with Crippen molar-refractivity contribution in [1.29, 1.82) is 0 Å². The molecule has 1 atom stereocenters. The zero-order chi connectivity index (χ0) is 13.6. The summed E-state index contributed by atoms with van der Waals surface area (Å²) in [4.78, 5) is 13.1. The van der Waals surface area contributed by atoms with Crippen LogP contribution in [0.15, 0.2) is 17.5 Å². The van der Waals surface area contributed by atoms with Crippen molar-refractivity contribution < 1.29 is 4.79 Å². The first-order valence-electron chi connectivity index (χ1n) is 6.03. The minimum Gasteiger partial charge on any atom is -0.354 e. The molecule has 0 saturated heterocycles. The zero-order valence-corrected chi connectivity index (χ0v) is 12.9. The van der Waals surface area contributed by atoms with E-state index >= 15 is 0 Å². The van der Waals surface area contributed by atoms with Gasteiger partial charge in [0.1, 0.15) is 0 Å². The van der Waals surface area contributed by atoms with Gasteiger partial charge in [-0.1, -0.05) is 19.9 Å². The number of hydrogen-bond donors (Lipinski definition) is 2. The van der Waals surface area contributed by atoms with Crippen LogP contribution in [0.5, 0.6) is 0 Å². The molecule has 1 aromatic rings. The first-order chi connectivity index (χ1) is 8.47. The molecule has 1 aromatic heterocycles. The van der Waals surface area contributed by atoms with E-state index in [0.717, 1.165) is 12.2 Å². The molecular formula is C13H22N2OS2. The molecule has 0 radical (unpaired) electrons. The summed E-state index contributed by atoms with van der Waals surface area (Å²) in [6.07, 6.45) is 2.75. The van der Waals surface area contributed by atoms with Crippen LogP contribution in [0.4, 0.5) is 0 Å². The van der Waals surface area contributed by atoms with E-state index in [2.05, 4.69) is 30.6 Å². The Bertz CT molecular complexity index is 363. The average molecular weight is 286 g/mol. The minimum atomic E-state index is -0.392. The van der Waals surface area contributed by atoms with E-state index in [1.807, 2.05) is 12.3 Å². The number of carbonyl (C=O) groups excluding carboxylic acids is 1. The van der Waals surface area contributed by atoms with Crippen molar-refractivity contribution in [2.75, 3.05) is 18.6 Å². The monoisotopic (exact) mass is 286 g/mol. The maximum Gasteiger partial charge on any atom is 0.236 e. The van der Waals surface area contributed by atoms with Crippen molar-refractivity contribution in [3.63, 3.8) is 0 Å². The quantitative estimate of drug-likeness (QED) is 0.808. The summed E-state index contributed by atoms with van der Waals surface area (Å²) in [6, 6.07) is 3.75. The SMILES string of the molecule is CSCC[C@H](N)C(=O)NCC(C)(C)c1cccs1. The van der Waals surface area contributed by atoms with Gasteiger partial charge >= 0.3 is 0 Å². The second-order valence-corrected chi connectivity index (χ2v) is 6.90. The number of nitrogens with two attached hydrogens (primary N) is 1. The van der Waals surface area contributed by atoms with E-state index in [-0.39, 0.29) is 11.3 Å². The van der Waals surface area contributed by atoms with E-state index in [4.69, 9.17) is 5.73 Å². The van der Waals surface area contributed by atoms with Crippen LogP contribution in [0.2, 0.25) is 0 Å². The van der Waals surface area contributed by atoms with Crippen LogP contribution < -0.4 is 11.1 Å². The van der Waals surface area contributed by atoms with Crippen molar-refractivity contribution in [1.82, 2.24) is 5.32 Å². The Morgan fingerprint density at radius 3 is 2.89 bits per heavy atom. The Hall–Kier alpha value is -0.520. The molecule has 0 fully saturated rings. The number of thiophene rings is 1. The third-order valence-electron chi connectivity index (χ3n) is 2.86. The standard InChI is InChI=1S/C13H22N2OS2/c1-13(2,11-5-4-7-18-11)9-15-12(16)10(14)6-8-17-3/h4-5,7,10H,6,8-9,14H2,1-3H3,(H,15,16)/t10-/m0/s1. The normalized spacial score (nSPS) is 13.3. The summed E-state index contributed by atoms with van der Waals surface area (Å²) in [5.74, 6) is 0.872. The van der Waals surface area contributed by atoms with Gasteiger partial charge in [-0.2, -0.15) is 11.8 Å². The molecule has 0 aliphatic rings. The summed E-state index contributed by atoms with van der Waals surface area (Å²) in [5, 5.41) is 5.01. The molecular weight excluding hydrogens is 264 g/mol. The Labute approximate surface area is 118 Å². The van der Waals surface area contributed by atoms with Crippen LogP contribution in [-0.4, -0.2) is 30.5 Å². The van der Waals surface area contributed by atoms with E-state index in [0.29, 0.717) is 6.54 Å². The number of nitrogens with one attached hydrogen (secondary N) is 1. The molecule has 3 N–H and O–H groups in total. The van der Waals surface area contributed by atoms with Gasteiger partial charge in [-0.25, -0.2) is 0 Å². The third kappa shape index (κ3) is 4.63. The highest BCUT2D eigenvalue weighted by Crippen LogP contribution is 2.26. The van der Waals surface area contributed by atoms with Gasteiger partial charge in [0, 0.05) is 16.8 Å². The van der Waals surface area contributed by atoms with Gasteiger partial charge in [0.15, 0.2) is 0 Å². The molecule has 0 bridgehead atoms.